The predicted octanol–water partition coefficient (Wildman–Crippen LogP) is -1.32. The molecule has 0 amide bonds. The zero-order valence-electron chi connectivity index (χ0n) is 8.65. The van der Waals surface area contributed by atoms with Gasteiger partial charge in [0, 0.05) is 0 Å². The van der Waals surface area contributed by atoms with Gasteiger partial charge in [-0.2, -0.15) is 0 Å². The topological polar surface area (TPSA) is 98.0 Å². The Labute approximate surface area is 88.4 Å². The summed E-state index contributed by atoms with van der Waals surface area (Å²) >= 11 is 0. The van der Waals surface area contributed by atoms with E-state index in [1.54, 1.807) is 0 Å². The molecule has 5 heteroatoms. The number of aliphatic hydroxyl groups is 4. The van der Waals surface area contributed by atoms with Gasteiger partial charge in [0.05, 0.1) is 37.3 Å². The van der Waals surface area contributed by atoms with Gasteiger partial charge in [-0.25, -0.2) is 0 Å². The number of carbonyl (C=O) groups excluding carboxylic acids is 1. The van der Waals surface area contributed by atoms with Crippen molar-refractivity contribution >= 4 is 5.78 Å². The van der Waals surface area contributed by atoms with Crippen molar-refractivity contribution in [1.82, 2.24) is 0 Å². The maximum Gasteiger partial charge on any atom is 0.154 e. The van der Waals surface area contributed by atoms with E-state index in [-0.39, 0.29) is 0 Å². The smallest absolute Gasteiger partial charge is 0.154 e. The minimum atomic E-state index is -1.19. The summed E-state index contributed by atoms with van der Waals surface area (Å²) < 4.78 is 0. The molecule has 0 atom stereocenters. The van der Waals surface area contributed by atoms with Crippen LogP contribution in [0.3, 0.4) is 0 Å². The minimum absolute atomic E-state index is 0.403. The highest BCUT2D eigenvalue weighted by molar-refractivity contribution is 5.91. The summed E-state index contributed by atoms with van der Waals surface area (Å²) in [5.41, 5.74) is -2.38. The minimum Gasteiger partial charge on any atom is -0.395 e. The van der Waals surface area contributed by atoms with Crippen LogP contribution >= 0.6 is 0 Å². The molecule has 0 aromatic heterocycles. The third kappa shape index (κ3) is 1.80. The lowest BCUT2D eigenvalue weighted by molar-refractivity contribution is -0.156. The van der Waals surface area contributed by atoms with Crippen LogP contribution in [0.1, 0.15) is 19.3 Å². The second kappa shape index (κ2) is 4.57. The molecular formula is C10H18O5. The standard InChI is InChI=1S/C10H18O5/c11-4-9(5-12)2-1-3-10(6-13,7-14)8(9)15/h11-14H,1-7H2. The van der Waals surface area contributed by atoms with E-state index >= 15 is 0 Å². The Morgan fingerprint density at radius 2 is 1.20 bits per heavy atom. The Morgan fingerprint density at radius 3 is 1.47 bits per heavy atom. The van der Waals surface area contributed by atoms with Crippen LogP contribution in [-0.4, -0.2) is 52.6 Å². The zero-order valence-corrected chi connectivity index (χ0v) is 8.65. The molecule has 1 rings (SSSR count). The summed E-state index contributed by atoms with van der Waals surface area (Å²) in [5.74, 6) is -0.420. The van der Waals surface area contributed by atoms with Crippen molar-refractivity contribution in [3.63, 3.8) is 0 Å². The number of carbonyl (C=O) groups is 1. The van der Waals surface area contributed by atoms with Crippen LogP contribution in [0.25, 0.3) is 0 Å². The Morgan fingerprint density at radius 1 is 0.867 bits per heavy atom. The Balaban J connectivity index is 3.01. The van der Waals surface area contributed by atoms with Crippen molar-refractivity contribution in [3.8, 4) is 0 Å². The first-order chi connectivity index (χ1) is 7.10. The molecule has 0 unspecified atom stereocenters. The summed E-state index contributed by atoms with van der Waals surface area (Å²) in [7, 11) is 0. The van der Waals surface area contributed by atoms with Gasteiger partial charge in [0.2, 0.25) is 0 Å². The fourth-order valence-electron chi connectivity index (χ4n) is 2.26. The lowest BCUT2D eigenvalue weighted by atomic mass is 9.62. The van der Waals surface area contributed by atoms with Gasteiger partial charge in [0.15, 0.2) is 5.78 Å². The maximum absolute atomic E-state index is 12.1. The van der Waals surface area contributed by atoms with Crippen molar-refractivity contribution < 1.29 is 25.2 Å². The molecule has 1 aliphatic carbocycles. The number of ketones is 1. The van der Waals surface area contributed by atoms with Crippen LogP contribution in [0.2, 0.25) is 0 Å². The average Bonchev–Trinajstić information content (AvgIpc) is 2.30. The summed E-state index contributed by atoms with van der Waals surface area (Å²) in [4.78, 5) is 12.1. The third-order valence-electron chi connectivity index (χ3n) is 3.48. The van der Waals surface area contributed by atoms with Gasteiger partial charge in [0.25, 0.3) is 0 Å². The van der Waals surface area contributed by atoms with E-state index in [1.807, 2.05) is 0 Å². The van der Waals surface area contributed by atoms with Crippen LogP contribution in [-0.2, 0) is 4.79 Å². The van der Waals surface area contributed by atoms with Gasteiger partial charge in [0.1, 0.15) is 0 Å². The summed E-state index contributed by atoms with van der Waals surface area (Å²) in [5, 5.41) is 36.8. The molecule has 0 heterocycles. The molecule has 5 nitrogen and oxygen atoms in total. The Bertz CT molecular complexity index is 208. The van der Waals surface area contributed by atoms with E-state index in [4.69, 9.17) is 0 Å². The first-order valence-corrected chi connectivity index (χ1v) is 5.09. The second-order valence-corrected chi connectivity index (χ2v) is 4.38. The van der Waals surface area contributed by atoms with Crippen LogP contribution in [0, 0.1) is 10.8 Å². The monoisotopic (exact) mass is 218 g/mol. The lowest BCUT2D eigenvalue weighted by Gasteiger charge is -2.43. The van der Waals surface area contributed by atoms with E-state index in [1.165, 1.54) is 0 Å². The average molecular weight is 218 g/mol. The van der Waals surface area contributed by atoms with Crippen molar-refractivity contribution in [2.45, 2.75) is 19.3 Å². The first kappa shape index (κ1) is 12.6. The van der Waals surface area contributed by atoms with Crippen LogP contribution in [0.5, 0.6) is 0 Å². The first-order valence-electron chi connectivity index (χ1n) is 5.09. The normalized spacial score (nSPS) is 24.1. The molecule has 0 aromatic carbocycles. The van der Waals surface area contributed by atoms with Gasteiger partial charge in [-0.05, 0) is 12.8 Å². The van der Waals surface area contributed by atoms with E-state index in [2.05, 4.69) is 0 Å². The maximum atomic E-state index is 12.1. The highest BCUT2D eigenvalue weighted by atomic mass is 16.3. The van der Waals surface area contributed by atoms with E-state index in [0.29, 0.717) is 19.3 Å². The highest BCUT2D eigenvalue weighted by Crippen LogP contribution is 2.42. The molecule has 0 aliphatic heterocycles. The van der Waals surface area contributed by atoms with Gasteiger partial charge in [-0.1, -0.05) is 6.42 Å². The summed E-state index contributed by atoms with van der Waals surface area (Å²) in [6, 6.07) is 0. The largest absolute Gasteiger partial charge is 0.395 e. The number of hydrogen-bond acceptors (Lipinski definition) is 5. The van der Waals surface area contributed by atoms with Crippen LogP contribution in [0.4, 0.5) is 0 Å². The Hall–Kier alpha value is -0.490. The summed E-state index contributed by atoms with van der Waals surface area (Å²) in [6.45, 7) is -1.76. The molecule has 1 fully saturated rings. The predicted molar refractivity (Wildman–Crippen MR) is 52.1 cm³/mol. The van der Waals surface area contributed by atoms with E-state index < -0.39 is 43.0 Å². The number of hydrogen-bond donors (Lipinski definition) is 4. The number of aliphatic hydroxyl groups excluding tert-OH is 4. The zero-order chi connectivity index (χ0) is 11.5. The van der Waals surface area contributed by atoms with Crippen LogP contribution < -0.4 is 0 Å². The van der Waals surface area contributed by atoms with Crippen LogP contribution in [0.15, 0.2) is 0 Å². The van der Waals surface area contributed by atoms with E-state index in [9.17, 15) is 25.2 Å². The second-order valence-electron chi connectivity index (χ2n) is 4.38. The lowest BCUT2D eigenvalue weighted by Crippen LogP contribution is -2.54. The molecule has 0 saturated heterocycles. The number of Topliss-reactive ketones (excluding diaryl/α,β-unsaturated/α-hetero) is 1. The van der Waals surface area contributed by atoms with Gasteiger partial charge >= 0.3 is 0 Å². The molecule has 0 bridgehead atoms. The molecule has 1 aliphatic rings. The number of rotatable bonds is 4. The SMILES string of the molecule is O=C1C(CO)(CO)CCCC1(CO)CO. The fraction of sp³-hybridized carbons (Fsp3) is 0.900. The third-order valence-corrected chi connectivity index (χ3v) is 3.48. The Kier molecular flexibility index (Phi) is 3.83. The van der Waals surface area contributed by atoms with Crippen molar-refractivity contribution in [3.05, 3.63) is 0 Å². The molecule has 88 valence electrons. The van der Waals surface area contributed by atoms with E-state index in [0.717, 1.165) is 0 Å². The van der Waals surface area contributed by atoms with Crippen molar-refractivity contribution in [2.75, 3.05) is 26.4 Å². The molecule has 0 spiro atoms. The van der Waals surface area contributed by atoms with Gasteiger partial charge in [-0.3, -0.25) is 4.79 Å². The molecule has 15 heavy (non-hydrogen) atoms. The highest BCUT2D eigenvalue weighted by Gasteiger charge is 2.52. The van der Waals surface area contributed by atoms with Crippen molar-refractivity contribution in [2.24, 2.45) is 10.8 Å². The molecule has 4 N–H and O–H groups in total. The van der Waals surface area contributed by atoms with Gasteiger partial charge < -0.3 is 20.4 Å². The fourth-order valence-corrected chi connectivity index (χ4v) is 2.26. The van der Waals surface area contributed by atoms with Gasteiger partial charge in [-0.15, -0.1) is 0 Å². The molecule has 0 radical (unpaired) electrons. The van der Waals surface area contributed by atoms with Crippen molar-refractivity contribution in [1.29, 1.82) is 0 Å². The quantitative estimate of drug-likeness (QED) is 0.469. The molecular weight excluding hydrogens is 200 g/mol. The summed E-state index contributed by atoms with van der Waals surface area (Å²) in [6.07, 6.45) is 1.41. The molecule has 1 saturated carbocycles. The molecule has 0 aromatic rings.